The number of nitrogens with zero attached hydrogens (tertiary/aromatic N) is 3. The van der Waals surface area contributed by atoms with Crippen molar-refractivity contribution in [2.75, 3.05) is 29.9 Å². The first kappa shape index (κ1) is 19.5. The van der Waals surface area contributed by atoms with Crippen LogP contribution in [0.2, 0.25) is 5.02 Å². The fraction of sp³-hybridized carbons (Fsp3) is 0.429. The van der Waals surface area contributed by atoms with E-state index in [-0.39, 0.29) is 17.5 Å². The molecule has 0 spiro atoms. The SMILES string of the molecule is CC1CN(C(=O)Nc2ccc(C(C)(C)C)cc2)CCN1c1ncccc1Cl. The van der Waals surface area contributed by atoms with E-state index < -0.39 is 0 Å². The van der Waals surface area contributed by atoms with Crippen LogP contribution in [0.4, 0.5) is 16.3 Å². The Kier molecular flexibility index (Phi) is 5.61. The number of carbonyl (C=O) groups excluding carboxylic acids is 1. The summed E-state index contributed by atoms with van der Waals surface area (Å²) in [4.78, 5) is 21.1. The van der Waals surface area contributed by atoms with E-state index >= 15 is 0 Å². The summed E-state index contributed by atoms with van der Waals surface area (Å²) in [5.41, 5.74) is 2.16. The van der Waals surface area contributed by atoms with Crippen LogP contribution in [0.1, 0.15) is 33.3 Å². The fourth-order valence-electron chi connectivity index (χ4n) is 3.30. The zero-order valence-corrected chi connectivity index (χ0v) is 17.1. The number of nitrogens with one attached hydrogen (secondary N) is 1. The van der Waals surface area contributed by atoms with E-state index in [1.165, 1.54) is 5.56 Å². The zero-order valence-electron chi connectivity index (χ0n) is 16.4. The number of benzene rings is 1. The molecule has 1 atom stereocenters. The number of urea groups is 1. The number of hydrogen-bond donors (Lipinski definition) is 1. The molecular weight excluding hydrogens is 360 g/mol. The Morgan fingerprint density at radius 3 is 2.48 bits per heavy atom. The number of amides is 2. The molecule has 2 amide bonds. The molecule has 3 rings (SSSR count). The van der Waals surface area contributed by atoms with Crippen molar-refractivity contribution in [3.05, 3.63) is 53.2 Å². The molecule has 1 aromatic heterocycles. The summed E-state index contributed by atoms with van der Waals surface area (Å²) in [7, 11) is 0. The minimum Gasteiger partial charge on any atom is -0.349 e. The largest absolute Gasteiger partial charge is 0.349 e. The molecule has 0 bridgehead atoms. The van der Waals surface area contributed by atoms with Crippen LogP contribution in [-0.4, -0.2) is 41.6 Å². The Labute approximate surface area is 166 Å². The maximum absolute atomic E-state index is 12.7. The molecule has 0 aliphatic carbocycles. The molecular formula is C21H27ClN4O. The number of hydrogen-bond acceptors (Lipinski definition) is 3. The summed E-state index contributed by atoms with van der Waals surface area (Å²) >= 11 is 6.28. The van der Waals surface area contributed by atoms with Crippen molar-refractivity contribution >= 4 is 29.1 Å². The van der Waals surface area contributed by atoms with Crippen LogP contribution in [-0.2, 0) is 5.41 Å². The predicted molar refractivity (Wildman–Crippen MR) is 112 cm³/mol. The number of rotatable bonds is 2. The molecule has 5 nitrogen and oxygen atoms in total. The maximum Gasteiger partial charge on any atom is 0.321 e. The molecule has 1 unspecified atom stereocenters. The summed E-state index contributed by atoms with van der Waals surface area (Å²) in [6.45, 7) is 10.6. The highest BCUT2D eigenvalue weighted by Gasteiger charge is 2.28. The fourth-order valence-corrected chi connectivity index (χ4v) is 3.53. The van der Waals surface area contributed by atoms with Crippen LogP contribution in [0.5, 0.6) is 0 Å². The van der Waals surface area contributed by atoms with Crippen LogP contribution in [0.25, 0.3) is 0 Å². The van der Waals surface area contributed by atoms with Gasteiger partial charge in [0, 0.05) is 37.6 Å². The lowest BCUT2D eigenvalue weighted by molar-refractivity contribution is 0.200. The first-order valence-corrected chi connectivity index (χ1v) is 9.67. The van der Waals surface area contributed by atoms with Gasteiger partial charge in [-0.15, -0.1) is 0 Å². The minimum absolute atomic E-state index is 0.0721. The van der Waals surface area contributed by atoms with Crippen LogP contribution in [0.3, 0.4) is 0 Å². The molecule has 2 aromatic rings. The number of pyridine rings is 1. The molecule has 1 fully saturated rings. The Hall–Kier alpha value is -2.27. The Morgan fingerprint density at radius 2 is 1.89 bits per heavy atom. The summed E-state index contributed by atoms with van der Waals surface area (Å²) in [6.07, 6.45) is 1.74. The standard InChI is InChI=1S/C21H27ClN4O/c1-15-14-25(12-13-26(15)19-18(22)6-5-11-23-19)20(27)24-17-9-7-16(8-10-17)21(2,3)4/h5-11,15H,12-14H2,1-4H3,(H,24,27). The van der Waals surface area contributed by atoms with Crippen LogP contribution >= 0.6 is 11.6 Å². The van der Waals surface area contributed by atoms with E-state index in [9.17, 15) is 4.79 Å². The van der Waals surface area contributed by atoms with E-state index in [2.05, 4.69) is 55.0 Å². The van der Waals surface area contributed by atoms with Gasteiger partial charge in [-0.25, -0.2) is 9.78 Å². The highest BCUT2D eigenvalue weighted by atomic mass is 35.5. The zero-order chi connectivity index (χ0) is 19.6. The van der Waals surface area contributed by atoms with Gasteiger partial charge in [-0.3, -0.25) is 0 Å². The summed E-state index contributed by atoms with van der Waals surface area (Å²) in [5.74, 6) is 0.782. The van der Waals surface area contributed by atoms with Gasteiger partial charge < -0.3 is 15.1 Å². The van der Waals surface area contributed by atoms with Crippen molar-refractivity contribution in [3.63, 3.8) is 0 Å². The third-order valence-electron chi connectivity index (χ3n) is 4.93. The second-order valence-electron chi connectivity index (χ2n) is 8.05. The molecule has 0 radical (unpaired) electrons. The average molecular weight is 387 g/mol. The quantitative estimate of drug-likeness (QED) is 0.808. The Morgan fingerprint density at radius 1 is 1.19 bits per heavy atom. The summed E-state index contributed by atoms with van der Waals surface area (Å²) < 4.78 is 0. The van der Waals surface area contributed by atoms with Crippen LogP contribution in [0.15, 0.2) is 42.6 Å². The average Bonchev–Trinajstić information content (AvgIpc) is 2.62. The van der Waals surface area contributed by atoms with Gasteiger partial charge in [0.2, 0.25) is 0 Å². The topological polar surface area (TPSA) is 48.5 Å². The van der Waals surface area contributed by atoms with Crippen LogP contribution < -0.4 is 10.2 Å². The Balaban J connectivity index is 1.62. The van der Waals surface area contributed by atoms with Crippen molar-refractivity contribution in [1.82, 2.24) is 9.88 Å². The number of aromatic nitrogens is 1. The lowest BCUT2D eigenvalue weighted by Crippen LogP contribution is -2.55. The van der Waals surface area contributed by atoms with Gasteiger partial charge in [0.05, 0.1) is 5.02 Å². The van der Waals surface area contributed by atoms with Gasteiger partial charge in [0.15, 0.2) is 0 Å². The van der Waals surface area contributed by atoms with Crippen molar-refractivity contribution in [2.45, 2.75) is 39.2 Å². The molecule has 1 N–H and O–H groups in total. The molecule has 1 aliphatic heterocycles. The molecule has 0 saturated carbocycles. The second-order valence-corrected chi connectivity index (χ2v) is 8.46. The third kappa shape index (κ3) is 4.53. The molecule has 2 heterocycles. The highest BCUT2D eigenvalue weighted by molar-refractivity contribution is 6.32. The van der Waals surface area contributed by atoms with Crippen molar-refractivity contribution in [2.24, 2.45) is 0 Å². The predicted octanol–water partition coefficient (Wildman–Crippen LogP) is 4.78. The number of carbonyl (C=O) groups is 1. The van der Waals surface area contributed by atoms with E-state index in [0.29, 0.717) is 24.7 Å². The van der Waals surface area contributed by atoms with Gasteiger partial charge >= 0.3 is 6.03 Å². The molecule has 144 valence electrons. The van der Waals surface area contributed by atoms with Crippen LogP contribution in [0, 0.1) is 0 Å². The third-order valence-corrected chi connectivity index (χ3v) is 5.22. The molecule has 1 aromatic carbocycles. The molecule has 27 heavy (non-hydrogen) atoms. The van der Waals surface area contributed by atoms with E-state index in [1.807, 2.05) is 29.2 Å². The first-order valence-electron chi connectivity index (χ1n) is 9.29. The van der Waals surface area contributed by atoms with Gasteiger partial charge in [0.1, 0.15) is 5.82 Å². The minimum atomic E-state index is -0.0721. The second kappa shape index (κ2) is 7.77. The lowest BCUT2D eigenvalue weighted by Gasteiger charge is -2.40. The highest BCUT2D eigenvalue weighted by Crippen LogP contribution is 2.27. The van der Waals surface area contributed by atoms with Gasteiger partial charge in [-0.05, 0) is 42.2 Å². The molecule has 6 heteroatoms. The maximum atomic E-state index is 12.7. The van der Waals surface area contributed by atoms with Crippen molar-refractivity contribution in [3.8, 4) is 0 Å². The molecule has 1 saturated heterocycles. The van der Waals surface area contributed by atoms with Gasteiger partial charge in [-0.2, -0.15) is 0 Å². The number of anilines is 2. The first-order chi connectivity index (χ1) is 12.8. The molecule has 1 aliphatic rings. The van der Waals surface area contributed by atoms with Crippen molar-refractivity contribution in [1.29, 1.82) is 0 Å². The lowest BCUT2D eigenvalue weighted by atomic mass is 9.87. The Bertz CT molecular complexity index is 801. The summed E-state index contributed by atoms with van der Waals surface area (Å²) in [6, 6.07) is 11.8. The summed E-state index contributed by atoms with van der Waals surface area (Å²) in [5, 5.41) is 3.64. The number of halogens is 1. The van der Waals surface area contributed by atoms with Gasteiger partial charge in [-0.1, -0.05) is 44.5 Å². The normalized spacial score (nSPS) is 17.7. The van der Waals surface area contributed by atoms with E-state index in [4.69, 9.17) is 11.6 Å². The van der Waals surface area contributed by atoms with Crippen molar-refractivity contribution < 1.29 is 4.79 Å². The van der Waals surface area contributed by atoms with E-state index in [0.717, 1.165) is 11.5 Å². The van der Waals surface area contributed by atoms with Gasteiger partial charge in [0.25, 0.3) is 0 Å². The number of piperazine rings is 1. The monoisotopic (exact) mass is 386 g/mol. The van der Waals surface area contributed by atoms with E-state index in [1.54, 1.807) is 6.20 Å². The smallest absolute Gasteiger partial charge is 0.321 e.